The Labute approximate surface area is 89.7 Å². The second-order valence-electron chi connectivity index (χ2n) is 3.15. The van der Waals surface area contributed by atoms with Gasteiger partial charge < -0.3 is 0 Å². The SMILES string of the molecule is Cn1nnc(C#N)c1-c1ccc(F)c(F)c1. The van der Waals surface area contributed by atoms with Crippen LogP contribution in [0.3, 0.4) is 0 Å². The first-order valence-corrected chi connectivity index (χ1v) is 4.38. The molecule has 0 saturated carbocycles. The van der Waals surface area contributed by atoms with Gasteiger partial charge in [0.2, 0.25) is 0 Å². The van der Waals surface area contributed by atoms with Crippen LogP contribution in [0.25, 0.3) is 11.3 Å². The average Bonchev–Trinajstić information content (AvgIpc) is 2.64. The van der Waals surface area contributed by atoms with E-state index >= 15 is 0 Å². The fourth-order valence-corrected chi connectivity index (χ4v) is 1.40. The summed E-state index contributed by atoms with van der Waals surface area (Å²) in [5, 5.41) is 16.0. The average molecular weight is 220 g/mol. The molecule has 0 atom stereocenters. The molecule has 6 heteroatoms. The summed E-state index contributed by atoms with van der Waals surface area (Å²) in [5.41, 5.74) is 0.804. The van der Waals surface area contributed by atoms with E-state index in [1.165, 1.54) is 10.7 Å². The fourth-order valence-electron chi connectivity index (χ4n) is 1.40. The van der Waals surface area contributed by atoms with Crippen LogP contribution < -0.4 is 0 Å². The molecule has 0 spiro atoms. The smallest absolute Gasteiger partial charge is 0.190 e. The number of aromatic nitrogens is 3. The molecule has 16 heavy (non-hydrogen) atoms. The highest BCUT2D eigenvalue weighted by Crippen LogP contribution is 2.22. The molecule has 1 aromatic carbocycles. The Morgan fingerprint density at radius 2 is 2.06 bits per heavy atom. The number of benzene rings is 1. The fraction of sp³-hybridized carbons (Fsp3) is 0.100. The molecular formula is C10H6F2N4. The second kappa shape index (κ2) is 3.70. The minimum absolute atomic E-state index is 0.0773. The van der Waals surface area contributed by atoms with E-state index in [1.54, 1.807) is 7.05 Å². The summed E-state index contributed by atoms with van der Waals surface area (Å²) in [6, 6.07) is 5.22. The number of halogens is 2. The number of hydrogen-bond donors (Lipinski definition) is 0. The van der Waals surface area contributed by atoms with Crippen molar-refractivity contribution in [1.29, 1.82) is 5.26 Å². The van der Waals surface area contributed by atoms with Gasteiger partial charge >= 0.3 is 0 Å². The van der Waals surface area contributed by atoms with E-state index in [1.807, 2.05) is 6.07 Å². The highest BCUT2D eigenvalue weighted by atomic mass is 19.2. The molecule has 0 aliphatic carbocycles. The van der Waals surface area contributed by atoms with Gasteiger partial charge in [0.1, 0.15) is 11.8 Å². The number of hydrogen-bond acceptors (Lipinski definition) is 3. The molecule has 0 saturated heterocycles. The standard InChI is InChI=1S/C10H6F2N4/c1-16-10(9(5-13)14-15-16)6-2-3-7(11)8(12)4-6/h2-4H,1H3. The molecule has 0 fully saturated rings. The predicted octanol–water partition coefficient (Wildman–Crippen LogP) is 1.63. The van der Waals surface area contributed by atoms with E-state index in [0.29, 0.717) is 11.3 Å². The maximum absolute atomic E-state index is 13.0. The van der Waals surface area contributed by atoms with Crippen molar-refractivity contribution >= 4 is 0 Å². The number of nitriles is 1. The Kier molecular flexibility index (Phi) is 2.37. The Morgan fingerprint density at radius 3 is 2.69 bits per heavy atom. The third kappa shape index (κ3) is 1.52. The van der Waals surface area contributed by atoms with Crippen LogP contribution in [0.15, 0.2) is 18.2 Å². The van der Waals surface area contributed by atoms with Gasteiger partial charge in [-0.3, -0.25) is 0 Å². The van der Waals surface area contributed by atoms with Crippen LogP contribution in [0.1, 0.15) is 5.69 Å². The number of rotatable bonds is 1. The van der Waals surface area contributed by atoms with Gasteiger partial charge in [0.25, 0.3) is 0 Å². The monoisotopic (exact) mass is 220 g/mol. The molecule has 0 aliphatic heterocycles. The van der Waals surface area contributed by atoms with E-state index in [0.717, 1.165) is 12.1 Å². The largest absolute Gasteiger partial charge is 0.246 e. The van der Waals surface area contributed by atoms with Crippen LogP contribution in [0.4, 0.5) is 8.78 Å². The van der Waals surface area contributed by atoms with E-state index < -0.39 is 11.6 Å². The molecule has 1 heterocycles. The molecule has 0 aliphatic rings. The number of nitrogens with zero attached hydrogens (tertiary/aromatic N) is 4. The third-order valence-electron chi connectivity index (χ3n) is 2.13. The second-order valence-corrected chi connectivity index (χ2v) is 3.15. The van der Waals surface area contributed by atoms with Crippen LogP contribution in [0.5, 0.6) is 0 Å². The lowest BCUT2D eigenvalue weighted by atomic mass is 10.1. The van der Waals surface area contributed by atoms with E-state index in [4.69, 9.17) is 5.26 Å². The molecule has 1 aromatic heterocycles. The zero-order valence-corrected chi connectivity index (χ0v) is 8.28. The Balaban J connectivity index is 2.63. The summed E-state index contributed by atoms with van der Waals surface area (Å²) >= 11 is 0. The third-order valence-corrected chi connectivity index (χ3v) is 2.13. The van der Waals surface area contributed by atoms with Crippen LogP contribution >= 0.6 is 0 Å². The van der Waals surface area contributed by atoms with Crippen molar-refractivity contribution in [2.24, 2.45) is 7.05 Å². The zero-order chi connectivity index (χ0) is 11.7. The van der Waals surface area contributed by atoms with E-state index in [2.05, 4.69) is 10.3 Å². The van der Waals surface area contributed by atoms with Gasteiger partial charge in [-0.2, -0.15) is 5.26 Å². The molecular weight excluding hydrogens is 214 g/mol. The van der Waals surface area contributed by atoms with Crippen molar-refractivity contribution in [2.45, 2.75) is 0 Å². The maximum atomic E-state index is 13.0. The van der Waals surface area contributed by atoms with Crippen molar-refractivity contribution in [2.75, 3.05) is 0 Å². The van der Waals surface area contributed by atoms with E-state index in [-0.39, 0.29) is 5.69 Å². The first-order valence-electron chi connectivity index (χ1n) is 4.38. The number of aryl methyl sites for hydroxylation is 1. The first kappa shape index (κ1) is 10.2. The Hall–Kier alpha value is -2.29. The molecule has 4 nitrogen and oxygen atoms in total. The van der Waals surface area contributed by atoms with Gasteiger partial charge in [0, 0.05) is 12.6 Å². The quantitative estimate of drug-likeness (QED) is 0.733. The van der Waals surface area contributed by atoms with Gasteiger partial charge in [-0.15, -0.1) is 5.10 Å². The minimum atomic E-state index is -0.970. The van der Waals surface area contributed by atoms with Crippen LogP contribution in [0.2, 0.25) is 0 Å². The summed E-state index contributed by atoms with van der Waals surface area (Å²) in [6.07, 6.45) is 0. The molecule has 2 aromatic rings. The van der Waals surface area contributed by atoms with Crippen molar-refractivity contribution in [1.82, 2.24) is 15.0 Å². The lowest BCUT2D eigenvalue weighted by Gasteiger charge is -2.01. The first-order chi connectivity index (χ1) is 7.63. The molecule has 0 radical (unpaired) electrons. The minimum Gasteiger partial charge on any atom is -0.246 e. The van der Waals surface area contributed by atoms with Gasteiger partial charge in [-0.1, -0.05) is 5.21 Å². The van der Waals surface area contributed by atoms with Crippen LogP contribution in [0, 0.1) is 23.0 Å². The molecule has 0 bridgehead atoms. The predicted molar refractivity (Wildman–Crippen MR) is 51.1 cm³/mol. The maximum Gasteiger partial charge on any atom is 0.190 e. The van der Waals surface area contributed by atoms with E-state index in [9.17, 15) is 8.78 Å². The molecule has 0 amide bonds. The van der Waals surface area contributed by atoms with Gasteiger partial charge in [-0.25, -0.2) is 13.5 Å². The molecule has 80 valence electrons. The molecule has 2 rings (SSSR count). The van der Waals surface area contributed by atoms with Crippen molar-refractivity contribution in [3.63, 3.8) is 0 Å². The molecule has 0 N–H and O–H groups in total. The highest BCUT2D eigenvalue weighted by molar-refractivity contribution is 5.64. The normalized spacial score (nSPS) is 10.1. The lowest BCUT2D eigenvalue weighted by Crippen LogP contribution is -1.96. The lowest BCUT2D eigenvalue weighted by molar-refractivity contribution is 0.509. The summed E-state index contributed by atoms with van der Waals surface area (Å²) in [6.45, 7) is 0. The van der Waals surface area contributed by atoms with Crippen LogP contribution in [-0.2, 0) is 7.05 Å². The highest BCUT2D eigenvalue weighted by Gasteiger charge is 2.14. The van der Waals surface area contributed by atoms with Crippen molar-refractivity contribution in [3.8, 4) is 17.3 Å². The Bertz CT molecular complexity index is 583. The zero-order valence-electron chi connectivity index (χ0n) is 8.28. The van der Waals surface area contributed by atoms with Crippen molar-refractivity contribution in [3.05, 3.63) is 35.5 Å². The van der Waals surface area contributed by atoms with Crippen molar-refractivity contribution < 1.29 is 8.78 Å². The molecule has 0 unspecified atom stereocenters. The summed E-state index contributed by atoms with van der Waals surface area (Å²) < 4.78 is 27.1. The van der Waals surface area contributed by atoms with Gasteiger partial charge in [0.05, 0.1) is 0 Å². The van der Waals surface area contributed by atoms with Gasteiger partial charge in [0.15, 0.2) is 17.3 Å². The topological polar surface area (TPSA) is 54.5 Å². The summed E-state index contributed by atoms with van der Waals surface area (Å²) in [5.74, 6) is -1.90. The summed E-state index contributed by atoms with van der Waals surface area (Å²) in [4.78, 5) is 0. The Morgan fingerprint density at radius 1 is 1.31 bits per heavy atom. The van der Waals surface area contributed by atoms with Gasteiger partial charge in [-0.05, 0) is 18.2 Å². The van der Waals surface area contributed by atoms with Crippen LogP contribution in [-0.4, -0.2) is 15.0 Å². The summed E-state index contributed by atoms with van der Waals surface area (Å²) in [7, 11) is 1.57.